The molecule has 22 heavy (non-hydrogen) atoms. The first-order valence-electron chi connectivity index (χ1n) is 7.03. The predicted octanol–water partition coefficient (Wildman–Crippen LogP) is 0.913. The molecule has 3 aromatic heterocycles. The number of aromatic nitrogens is 4. The fraction of sp³-hybridized carbons (Fsp3) is 0.286. The highest BCUT2D eigenvalue weighted by atomic mass is 79.9. The molecular weight excluding hydrogens is 361 g/mol. The Morgan fingerprint density at radius 2 is 2.05 bits per heavy atom. The minimum atomic E-state index is 0.749. The molecule has 0 N–H and O–H groups in total. The molecular formula is C14H13AlBrN5O. The first-order chi connectivity index (χ1) is 10.7. The molecule has 3 aromatic rings. The number of anilines is 1. The van der Waals surface area contributed by atoms with E-state index in [1.807, 2.05) is 24.5 Å². The van der Waals surface area contributed by atoms with Crippen LogP contribution in [-0.2, 0) is 4.74 Å². The third-order valence-corrected chi connectivity index (χ3v) is 4.42. The van der Waals surface area contributed by atoms with Gasteiger partial charge in [-0.2, -0.15) is 5.10 Å². The molecule has 4 heterocycles. The van der Waals surface area contributed by atoms with E-state index >= 15 is 0 Å². The number of halogens is 1. The van der Waals surface area contributed by atoms with Gasteiger partial charge in [-0.15, -0.1) is 0 Å². The quantitative estimate of drug-likeness (QED) is 0.626. The fourth-order valence-electron chi connectivity index (χ4n) is 2.64. The fourth-order valence-corrected chi connectivity index (χ4v) is 3.26. The molecule has 0 amide bonds. The molecule has 0 aromatic carbocycles. The van der Waals surface area contributed by atoms with E-state index in [1.165, 1.54) is 0 Å². The lowest BCUT2D eigenvalue weighted by Gasteiger charge is -2.29. The molecule has 0 saturated carbocycles. The first kappa shape index (κ1) is 14.3. The Morgan fingerprint density at radius 1 is 1.23 bits per heavy atom. The Bertz CT molecular complexity index is 824. The summed E-state index contributed by atoms with van der Waals surface area (Å²) in [5.41, 5.74) is 0.895. The van der Waals surface area contributed by atoms with Crippen molar-refractivity contribution < 1.29 is 4.74 Å². The Labute approximate surface area is 144 Å². The summed E-state index contributed by atoms with van der Waals surface area (Å²) in [6.45, 7) is 3.25. The zero-order valence-corrected chi connectivity index (χ0v) is 14.6. The van der Waals surface area contributed by atoms with Crippen LogP contribution in [0.25, 0.3) is 11.5 Å². The van der Waals surface area contributed by atoms with Crippen LogP contribution in [0.15, 0.2) is 35.1 Å². The maximum absolute atomic E-state index is 5.46. The third kappa shape index (κ3) is 2.57. The molecule has 2 radical (unpaired) electrons. The van der Waals surface area contributed by atoms with Gasteiger partial charge in [0.05, 0.1) is 13.2 Å². The molecule has 1 fully saturated rings. The minimum absolute atomic E-state index is 0.749. The van der Waals surface area contributed by atoms with Gasteiger partial charge in [-0.3, -0.25) is 4.40 Å². The number of hydrogen-bond acceptors (Lipinski definition) is 4. The van der Waals surface area contributed by atoms with Crippen molar-refractivity contribution in [3.8, 4) is 5.82 Å². The van der Waals surface area contributed by atoms with E-state index in [9.17, 15) is 0 Å². The second kappa shape index (κ2) is 5.71. The average molecular weight is 374 g/mol. The van der Waals surface area contributed by atoms with Gasteiger partial charge >= 0.3 is 0 Å². The molecule has 6 nitrogen and oxygen atoms in total. The largest absolute Gasteiger partial charge is 0.378 e. The molecule has 4 rings (SSSR count). The predicted molar refractivity (Wildman–Crippen MR) is 88.4 cm³/mol. The molecule has 1 aliphatic rings. The maximum Gasteiger partial charge on any atom is 0.212 e. The summed E-state index contributed by atoms with van der Waals surface area (Å²) in [6.07, 6.45) is 3.96. The Hall–Kier alpha value is -1.33. The van der Waals surface area contributed by atoms with Crippen LogP contribution in [0.4, 0.5) is 5.82 Å². The molecule has 1 aliphatic heterocycles. The lowest BCUT2D eigenvalue weighted by Crippen LogP contribution is -2.37. The van der Waals surface area contributed by atoms with Crippen LogP contribution in [0, 0.1) is 0 Å². The highest BCUT2D eigenvalue weighted by molar-refractivity contribution is 9.10. The molecule has 0 atom stereocenters. The monoisotopic (exact) mass is 373 g/mol. The Kier molecular flexibility index (Phi) is 3.70. The summed E-state index contributed by atoms with van der Waals surface area (Å²) in [5.74, 6) is 1.92. The second-order valence-electron chi connectivity index (χ2n) is 5.14. The minimum Gasteiger partial charge on any atom is -0.378 e. The van der Waals surface area contributed by atoms with E-state index < -0.39 is 0 Å². The van der Waals surface area contributed by atoms with Crippen LogP contribution < -0.4 is 9.46 Å². The van der Waals surface area contributed by atoms with Crippen molar-refractivity contribution >= 4 is 48.2 Å². The number of hydrogen-bond donors (Lipinski definition) is 0. The summed E-state index contributed by atoms with van der Waals surface area (Å²) < 4.78 is 11.3. The second-order valence-corrected chi connectivity index (χ2v) is 6.65. The molecule has 110 valence electrons. The Balaban J connectivity index is 1.88. The highest BCUT2D eigenvalue weighted by Crippen LogP contribution is 2.24. The van der Waals surface area contributed by atoms with E-state index in [1.54, 1.807) is 4.68 Å². The smallest absolute Gasteiger partial charge is 0.212 e. The molecule has 8 heteroatoms. The SMILES string of the molecule is [Al][c]1ccn(-c2cc(N3CCOCC3)n3cc(Br)cc3n2)n1. The molecule has 0 spiro atoms. The lowest BCUT2D eigenvalue weighted by molar-refractivity contribution is 0.122. The maximum atomic E-state index is 5.46. The van der Waals surface area contributed by atoms with E-state index in [-0.39, 0.29) is 0 Å². The first-order valence-corrected chi connectivity index (χ1v) is 8.40. The lowest BCUT2D eigenvalue weighted by atomic mass is 10.4. The molecule has 0 aliphatic carbocycles. The molecule has 0 bridgehead atoms. The van der Waals surface area contributed by atoms with E-state index in [0.29, 0.717) is 0 Å². The average Bonchev–Trinajstić information content (AvgIpc) is 3.11. The van der Waals surface area contributed by atoms with Crippen molar-refractivity contribution in [3.63, 3.8) is 0 Å². The Morgan fingerprint density at radius 3 is 2.77 bits per heavy atom. The normalized spacial score (nSPS) is 15.6. The van der Waals surface area contributed by atoms with Crippen molar-refractivity contribution in [2.24, 2.45) is 0 Å². The van der Waals surface area contributed by atoms with E-state index in [4.69, 9.17) is 9.72 Å². The van der Waals surface area contributed by atoms with Crippen molar-refractivity contribution in [1.82, 2.24) is 19.2 Å². The summed E-state index contributed by atoms with van der Waals surface area (Å²) in [7, 11) is 0. The summed E-state index contributed by atoms with van der Waals surface area (Å²) >= 11 is 6.14. The molecule has 0 unspecified atom stereocenters. The zero-order chi connectivity index (χ0) is 15.1. The van der Waals surface area contributed by atoms with Crippen molar-refractivity contribution in [1.29, 1.82) is 0 Å². The number of nitrogens with zero attached hydrogens (tertiary/aromatic N) is 5. The van der Waals surface area contributed by atoms with Gasteiger partial charge in [0, 0.05) is 36.0 Å². The van der Waals surface area contributed by atoms with Gasteiger partial charge in [-0.25, -0.2) is 9.67 Å². The van der Waals surface area contributed by atoms with Gasteiger partial charge in [0.2, 0.25) is 16.3 Å². The van der Waals surface area contributed by atoms with E-state index in [2.05, 4.69) is 52.7 Å². The van der Waals surface area contributed by atoms with Gasteiger partial charge < -0.3 is 9.64 Å². The summed E-state index contributed by atoms with van der Waals surface area (Å²) in [4.78, 5) is 7.02. The number of rotatable bonds is 2. The number of ether oxygens (including phenoxy) is 1. The third-order valence-electron chi connectivity index (χ3n) is 3.68. The molecule has 1 saturated heterocycles. The van der Waals surface area contributed by atoms with Crippen LogP contribution in [0.5, 0.6) is 0 Å². The van der Waals surface area contributed by atoms with Crippen LogP contribution in [0.1, 0.15) is 0 Å². The van der Waals surface area contributed by atoms with Gasteiger partial charge in [0.25, 0.3) is 0 Å². The van der Waals surface area contributed by atoms with Crippen molar-refractivity contribution in [2.75, 3.05) is 31.2 Å². The topological polar surface area (TPSA) is 47.6 Å². The van der Waals surface area contributed by atoms with Crippen LogP contribution in [0.3, 0.4) is 0 Å². The number of morpholine rings is 1. The van der Waals surface area contributed by atoms with Gasteiger partial charge in [-0.05, 0) is 32.6 Å². The summed E-state index contributed by atoms with van der Waals surface area (Å²) in [5, 5.41) is 4.43. The summed E-state index contributed by atoms with van der Waals surface area (Å²) in [6, 6.07) is 6.03. The zero-order valence-electron chi connectivity index (χ0n) is 11.8. The van der Waals surface area contributed by atoms with Crippen LogP contribution in [-0.4, -0.2) is 61.8 Å². The van der Waals surface area contributed by atoms with Crippen molar-refractivity contribution in [2.45, 2.75) is 0 Å². The highest BCUT2D eigenvalue weighted by Gasteiger charge is 2.17. The van der Waals surface area contributed by atoms with E-state index in [0.717, 1.165) is 52.6 Å². The standard InChI is InChI=1S/C14H13BrN5O.Al/c15-11-8-12-17-13(20-3-1-2-16-20)9-14(19(12)10-11)18-4-6-21-7-5-18;/h1,3,8-10H,4-7H2;. The van der Waals surface area contributed by atoms with Gasteiger partial charge in [0.15, 0.2) is 5.82 Å². The number of fused-ring (bicyclic) bond motifs is 1. The van der Waals surface area contributed by atoms with Gasteiger partial charge in [-0.1, -0.05) is 0 Å². The van der Waals surface area contributed by atoms with Crippen molar-refractivity contribution in [3.05, 3.63) is 35.1 Å². The van der Waals surface area contributed by atoms with Gasteiger partial charge in [0.1, 0.15) is 11.5 Å². The van der Waals surface area contributed by atoms with Crippen LogP contribution >= 0.6 is 15.9 Å². The van der Waals surface area contributed by atoms with Crippen LogP contribution in [0.2, 0.25) is 0 Å².